The summed E-state index contributed by atoms with van der Waals surface area (Å²) in [5, 5.41) is 0. The summed E-state index contributed by atoms with van der Waals surface area (Å²) in [5.74, 6) is 0. The van der Waals surface area contributed by atoms with Crippen LogP contribution < -0.4 is 5.73 Å². The Morgan fingerprint density at radius 1 is 1.47 bits per heavy atom. The van der Waals surface area contributed by atoms with Gasteiger partial charge in [0.05, 0.1) is 12.6 Å². The third kappa shape index (κ3) is 2.43. The average Bonchev–Trinajstić information content (AvgIpc) is 2.74. The largest absolute Gasteiger partial charge is 0.453 e. The summed E-state index contributed by atoms with van der Waals surface area (Å²) in [5.41, 5.74) is 5.71. The molecule has 4 heteroatoms. The van der Waals surface area contributed by atoms with Gasteiger partial charge in [-0.1, -0.05) is 19.8 Å². The van der Waals surface area contributed by atoms with Gasteiger partial charge in [-0.25, -0.2) is 4.79 Å². The Hall–Kier alpha value is -0.770. The van der Waals surface area contributed by atoms with Crippen molar-refractivity contribution in [3.05, 3.63) is 0 Å². The predicted octanol–water partition coefficient (Wildman–Crippen LogP) is 1.74. The zero-order chi connectivity index (χ0) is 11.3. The fraction of sp³-hybridized carbons (Fsp3) is 0.909. The van der Waals surface area contributed by atoms with Gasteiger partial charge in [-0.15, -0.1) is 0 Å². The highest BCUT2D eigenvalue weighted by atomic mass is 16.5. The summed E-state index contributed by atoms with van der Waals surface area (Å²) in [6.07, 6.45) is 5.06. The van der Waals surface area contributed by atoms with Gasteiger partial charge in [0.1, 0.15) is 0 Å². The van der Waals surface area contributed by atoms with E-state index < -0.39 is 0 Å². The van der Waals surface area contributed by atoms with E-state index in [4.69, 9.17) is 10.5 Å². The highest BCUT2D eigenvalue weighted by Gasteiger charge is 2.41. The Morgan fingerprint density at radius 2 is 2.07 bits per heavy atom. The molecule has 1 rings (SSSR count). The van der Waals surface area contributed by atoms with Crippen molar-refractivity contribution in [3.8, 4) is 0 Å². The van der Waals surface area contributed by atoms with Crippen molar-refractivity contribution in [3.63, 3.8) is 0 Å². The van der Waals surface area contributed by atoms with Crippen LogP contribution in [0.4, 0.5) is 4.79 Å². The number of nitrogens with zero attached hydrogens (tertiary/aromatic N) is 1. The molecule has 1 fully saturated rings. The lowest BCUT2D eigenvalue weighted by molar-refractivity contribution is 0.0669. The van der Waals surface area contributed by atoms with Crippen molar-refractivity contribution in [1.82, 2.24) is 4.90 Å². The van der Waals surface area contributed by atoms with Gasteiger partial charge >= 0.3 is 6.09 Å². The molecule has 0 bridgehead atoms. The number of hydrogen-bond acceptors (Lipinski definition) is 3. The van der Waals surface area contributed by atoms with Crippen molar-refractivity contribution in [2.24, 2.45) is 5.73 Å². The van der Waals surface area contributed by atoms with E-state index in [1.807, 2.05) is 4.90 Å². The highest BCUT2D eigenvalue weighted by Crippen LogP contribution is 2.34. The van der Waals surface area contributed by atoms with Crippen LogP contribution in [0.5, 0.6) is 0 Å². The van der Waals surface area contributed by atoms with Crippen LogP contribution in [-0.4, -0.2) is 36.7 Å². The number of rotatable bonds is 4. The summed E-state index contributed by atoms with van der Waals surface area (Å²) in [4.78, 5) is 13.5. The van der Waals surface area contributed by atoms with Gasteiger partial charge in [-0.05, 0) is 19.3 Å². The number of carbonyl (C=O) groups excluding carboxylic acids is 1. The Morgan fingerprint density at radius 3 is 2.47 bits per heavy atom. The Kier molecular flexibility index (Phi) is 4.39. The molecule has 0 radical (unpaired) electrons. The molecule has 0 aromatic heterocycles. The van der Waals surface area contributed by atoms with E-state index in [9.17, 15) is 4.79 Å². The standard InChI is InChI=1S/C11H22N2O2/c1-3-8-13(10(14)15-2)11(9-12)6-4-5-7-11/h3-9,12H2,1-2H3. The molecule has 15 heavy (non-hydrogen) atoms. The van der Waals surface area contributed by atoms with E-state index in [2.05, 4.69) is 6.92 Å². The fourth-order valence-electron chi connectivity index (χ4n) is 2.47. The van der Waals surface area contributed by atoms with Crippen LogP contribution in [0.3, 0.4) is 0 Å². The summed E-state index contributed by atoms with van der Waals surface area (Å²) < 4.78 is 4.84. The van der Waals surface area contributed by atoms with Gasteiger partial charge in [-0.2, -0.15) is 0 Å². The highest BCUT2D eigenvalue weighted by molar-refractivity contribution is 5.68. The van der Waals surface area contributed by atoms with Gasteiger partial charge in [0.15, 0.2) is 0 Å². The van der Waals surface area contributed by atoms with Gasteiger partial charge in [0, 0.05) is 13.1 Å². The molecule has 0 saturated heterocycles. The molecule has 0 spiro atoms. The van der Waals surface area contributed by atoms with Crippen LogP contribution in [0.1, 0.15) is 39.0 Å². The van der Waals surface area contributed by atoms with Crippen LogP contribution in [0, 0.1) is 0 Å². The maximum atomic E-state index is 11.7. The van der Waals surface area contributed by atoms with Crippen molar-refractivity contribution in [2.45, 2.75) is 44.6 Å². The van der Waals surface area contributed by atoms with E-state index in [1.165, 1.54) is 7.11 Å². The third-order valence-corrected chi connectivity index (χ3v) is 3.33. The first kappa shape index (κ1) is 12.3. The SMILES string of the molecule is CCCN(C(=O)OC)C1(CN)CCCC1. The van der Waals surface area contributed by atoms with Crippen molar-refractivity contribution in [1.29, 1.82) is 0 Å². The van der Waals surface area contributed by atoms with E-state index in [0.29, 0.717) is 6.54 Å². The van der Waals surface area contributed by atoms with E-state index in [0.717, 1.165) is 38.6 Å². The number of ether oxygens (including phenoxy) is 1. The monoisotopic (exact) mass is 214 g/mol. The second-order valence-electron chi connectivity index (χ2n) is 4.26. The molecule has 4 nitrogen and oxygen atoms in total. The Labute approximate surface area is 91.8 Å². The minimum Gasteiger partial charge on any atom is -0.453 e. The first-order chi connectivity index (χ1) is 7.20. The lowest BCUT2D eigenvalue weighted by Gasteiger charge is -2.39. The third-order valence-electron chi connectivity index (χ3n) is 3.33. The average molecular weight is 214 g/mol. The quantitative estimate of drug-likeness (QED) is 0.775. The van der Waals surface area contributed by atoms with Crippen LogP contribution in [0.25, 0.3) is 0 Å². The van der Waals surface area contributed by atoms with Crippen molar-refractivity contribution in [2.75, 3.05) is 20.2 Å². The minimum absolute atomic E-state index is 0.136. The molecule has 1 amide bonds. The van der Waals surface area contributed by atoms with Crippen LogP contribution >= 0.6 is 0 Å². The van der Waals surface area contributed by atoms with Crippen LogP contribution in [0.2, 0.25) is 0 Å². The van der Waals surface area contributed by atoms with Gasteiger partial charge in [-0.3, -0.25) is 0 Å². The maximum Gasteiger partial charge on any atom is 0.409 e. The van der Waals surface area contributed by atoms with Crippen LogP contribution in [-0.2, 0) is 4.74 Å². The molecule has 88 valence electrons. The zero-order valence-electron chi connectivity index (χ0n) is 9.79. The number of carbonyl (C=O) groups is 1. The van der Waals surface area contributed by atoms with E-state index >= 15 is 0 Å². The topological polar surface area (TPSA) is 55.6 Å². The second-order valence-corrected chi connectivity index (χ2v) is 4.26. The number of methoxy groups -OCH3 is 1. The lowest BCUT2D eigenvalue weighted by atomic mass is 9.95. The first-order valence-electron chi connectivity index (χ1n) is 5.76. The second kappa shape index (κ2) is 5.35. The zero-order valence-corrected chi connectivity index (χ0v) is 9.79. The number of amides is 1. The van der Waals surface area contributed by atoms with Gasteiger partial charge < -0.3 is 15.4 Å². The molecule has 1 aliphatic carbocycles. The number of hydrogen-bond donors (Lipinski definition) is 1. The van der Waals surface area contributed by atoms with E-state index in [-0.39, 0.29) is 11.6 Å². The molecule has 1 saturated carbocycles. The summed E-state index contributed by atoms with van der Waals surface area (Å²) in [6, 6.07) is 0. The molecule has 0 heterocycles. The summed E-state index contributed by atoms with van der Waals surface area (Å²) >= 11 is 0. The fourth-order valence-corrected chi connectivity index (χ4v) is 2.47. The molecule has 0 aromatic carbocycles. The molecule has 2 N–H and O–H groups in total. The van der Waals surface area contributed by atoms with Gasteiger partial charge in [0.2, 0.25) is 0 Å². The smallest absolute Gasteiger partial charge is 0.409 e. The number of nitrogens with two attached hydrogens (primary N) is 1. The van der Waals surface area contributed by atoms with E-state index in [1.54, 1.807) is 0 Å². The maximum absolute atomic E-state index is 11.7. The van der Waals surface area contributed by atoms with Crippen LogP contribution in [0.15, 0.2) is 0 Å². The molecule has 0 atom stereocenters. The normalized spacial score (nSPS) is 18.9. The molecular weight excluding hydrogens is 192 g/mol. The minimum atomic E-state index is -0.232. The summed E-state index contributed by atoms with van der Waals surface area (Å²) in [6.45, 7) is 3.35. The Balaban J connectivity index is 2.79. The molecule has 1 aliphatic rings. The molecular formula is C11H22N2O2. The molecule has 0 unspecified atom stereocenters. The van der Waals surface area contributed by atoms with Crippen molar-refractivity contribution >= 4 is 6.09 Å². The van der Waals surface area contributed by atoms with Gasteiger partial charge in [0.25, 0.3) is 0 Å². The lowest BCUT2D eigenvalue weighted by Crippen LogP contribution is -2.54. The molecule has 0 aliphatic heterocycles. The Bertz CT molecular complexity index is 213. The van der Waals surface area contributed by atoms with Crippen molar-refractivity contribution < 1.29 is 9.53 Å². The first-order valence-corrected chi connectivity index (χ1v) is 5.76. The summed E-state index contributed by atoms with van der Waals surface area (Å²) in [7, 11) is 1.43. The molecule has 0 aromatic rings. The predicted molar refractivity (Wildman–Crippen MR) is 59.7 cm³/mol.